The van der Waals surface area contributed by atoms with E-state index < -0.39 is 39.6 Å². The summed E-state index contributed by atoms with van der Waals surface area (Å²) in [5, 5.41) is 31.6. The minimum Gasteiger partial charge on any atom is -0.478 e. The summed E-state index contributed by atoms with van der Waals surface area (Å²) < 4.78 is -1.16. The molecule has 266 valence electrons. The van der Waals surface area contributed by atoms with Crippen LogP contribution in [0.2, 0.25) is 0 Å². The number of rotatable bonds is 16. The van der Waals surface area contributed by atoms with Crippen LogP contribution >= 0.6 is 31.9 Å². The zero-order valence-corrected chi connectivity index (χ0v) is 32.3. The molecule has 5 rings (SSSR count). The quantitative estimate of drug-likeness (QED) is 0.0511. The van der Waals surface area contributed by atoms with Gasteiger partial charge in [0.25, 0.3) is 0 Å². The number of alkyl halides is 1. The number of nitrogens with one attached hydrogen (secondary N) is 2. The third kappa shape index (κ3) is 6.65. The lowest BCUT2D eigenvalue weighted by Gasteiger charge is -2.40. The van der Waals surface area contributed by atoms with Gasteiger partial charge in [0.05, 0.1) is 17.1 Å². The van der Waals surface area contributed by atoms with E-state index in [0.29, 0.717) is 34.8 Å². The second kappa shape index (κ2) is 15.8. The Morgan fingerprint density at radius 2 is 1.42 bits per heavy atom. The van der Waals surface area contributed by atoms with Crippen molar-refractivity contribution >= 4 is 93.5 Å². The number of carbonyl (C=O) groups excluding carboxylic acids is 2. The summed E-state index contributed by atoms with van der Waals surface area (Å²) in [4.78, 5) is 56.1. The predicted octanol–water partition coefficient (Wildman–Crippen LogP) is 8.45. The zero-order chi connectivity index (χ0) is 36.3. The number of carboxylic acid groups (broad SMARTS) is 2. The fourth-order valence-electron chi connectivity index (χ4n) is 7.74. The number of unbranched alkanes of at least 4 members (excludes halogenated alkanes) is 2. The molecule has 8 nitrogen and oxygen atoms in total. The Bertz CT molecular complexity index is 2030. The van der Waals surface area contributed by atoms with Crippen LogP contribution in [0.5, 0.6) is 0 Å². The summed E-state index contributed by atoms with van der Waals surface area (Å²) in [5.74, 6) is -5.21. The molecule has 2 amide bonds. The van der Waals surface area contributed by atoms with Gasteiger partial charge in [0.1, 0.15) is 4.32 Å². The number of carboxylic acids is 2. The molecular formula is C40H46Br2N2O6. The van der Waals surface area contributed by atoms with Crippen LogP contribution < -0.4 is 15.9 Å². The number of fused-ring (bicyclic) bond motifs is 2. The largest absolute Gasteiger partial charge is 0.478 e. The summed E-state index contributed by atoms with van der Waals surface area (Å²) in [6.45, 7) is 9.01. The van der Waals surface area contributed by atoms with Gasteiger partial charge in [0.2, 0.25) is 11.8 Å². The molecule has 0 fully saturated rings. The number of aromatic carboxylic acids is 1. The van der Waals surface area contributed by atoms with Crippen molar-refractivity contribution in [1.82, 2.24) is 10.6 Å². The molecule has 4 atom stereocenters. The van der Waals surface area contributed by atoms with Crippen LogP contribution in [-0.4, -0.2) is 47.1 Å². The van der Waals surface area contributed by atoms with Gasteiger partial charge in [-0.15, -0.1) is 0 Å². The molecule has 4 aromatic rings. The zero-order valence-electron chi connectivity index (χ0n) is 29.1. The Kier molecular flexibility index (Phi) is 11.9. The second-order valence-electron chi connectivity index (χ2n) is 13.6. The first-order valence-corrected chi connectivity index (χ1v) is 19.4. The summed E-state index contributed by atoms with van der Waals surface area (Å²) in [6.07, 6.45) is 7.49. The highest BCUT2D eigenvalue weighted by atomic mass is 79.9. The van der Waals surface area contributed by atoms with Crippen molar-refractivity contribution in [1.29, 1.82) is 0 Å². The third-order valence-electron chi connectivity index (χ3n) is 10.6. The molecule has 0 aliphatic heterocycles. The summed E-state index contributed by atoms with van der Waals surface area (Å²) in [7, 11) is 0. The molecule has 0 radical (unpaired) electrons. The van der Waals surface area contributed by atoms with Crippen molar-refractivity contribution in [2.75, 3.05) is 13.1 Å². The number of carbonyl (C=O) groups is 4. The maximum absolute atomic E-state index is 15.0. The average molecular weight is 811 g/mol. The Morgan fingerprint density at radius 3 is 2.00 bits per heavy atom. The van der Waals surface area contributed by atoms with E-state index >= 15 is 0 Å². The van der Waals surface area contributed by atoms with E-state index in [1.807, 2.05) is 30.3 Å². The minimum atomic E-state index is -1.90. The van der Waals surface area contributed by atoms with Crippen molar-refractivity contribution < 1.29 is 29.4 Å². The van der Waals surface area contributed by atoms with Gasteiger partial charge in [-0.2, -0.15) is 0 Å². The molecule has 4 aromatic carbocycles. The third-order valence-corrected chi connectivity index (χ3v) is 12.4. The predicted molar refractivity (Wildman–Crippen MR) is 207 cm³/mol. The van der Waals surface area contributed by atoms with Crippen molar-refractivity contribution in [3.8, 4) is 0 Å². The second-order valence-corrected chi connectivity index (χ2v) is 15.7. The maximum atomic E-state index is 15.0. The Labute approximate surface area is 309 Å². The lowest BCUT2D eigenvalue weighted by atomic mass is 9.69. The van der Waals surface area contributed by atoms with Gasteiger partial charge >= 0.3 is 11.9 Å². The summed E-state index contributed by atoms with van der Waals surface area (Å²) in [5.41, 5.74) is -0.270. The van der Waals surface area contributed by atoms with Crippen molar-refractivity contribution in [3.63, 3.8) is 0 Å². The topological polar surface area (TPSA) is 133 Å². The highest BCUT2D eigenvalue weighted by Gasteiger charge is 2.56. The number of hydrogen-bond acceptors (Lipinski definition) is 4. The van der Waals surface area contributed by atoms with E-state index in [2.05, 4.69) is 70.2 Å². The Balaban J connectivity index is 1.89. The fourth-order valence-corrected chi connectivity index (χ4v) is 9.27. The molecule has 0 aromatic heterocycles. The number of benzene rings is 4. The first-order chi connectivity index (χ1) is 24.0. The van der Waals surface area contributed by atoms with Crippen LogP contribution in [0, 0.1) is 17.8 Å². The first kappa shape index (κ1) is 37.7. The molecule has 0 saturated heterocycles. The van der Waals surface area contributed by atoms with E-state index in [9.17, 15) is 29.4 Å². The van der Waals surface area contributed by atoms with Gasteiger partial charge in [0, 0.05) is 28.2 Å². The smallest absolute Gasteiger partial charge is 0.336 e. The molecule has 0 spiro atoms. The number of aliphatic carboxylic acids is 1. The Morgan fingerprint density at radius 1 is 0.780 bits per heavy atom. The molecule has 10 heteroatoms. The van der Waals surface area contributed by atoms with E-state index in [-0.39, 0.29) is 22.6 Å². The molecule has 1 aliphatic carbocycles. The van der Waals surface area contributed by atoms with E-state index in [1.165, 1.54) is 6.07 Å². The van der Waals surface area contributed by atoms with Gasteiger partial charge in [-0.05, 0) is 69.3 Å². The van der Waals surface area contributed by atoms with E-state index in [4.69, 9.17) is 0 Å². The van der Waals surface area contributed by atoms with Crippen molar-refractivity contribution in [2.45, 2.75) is 83.4 Å². The summed E-state index contributed by atoms with van der Waals surface area (Å²) in [6, 6.07) is 12.6. The summed E-state index contributed by atoms with van der Waals surface area (Å²) >= 11 is 7.54. The molecule has 1 aliphatic rings. The Hall–Kier alpha value is -3.50. The number of hydrogen-bond donors (Lipinski definition) is 4. The van der Waals surface area contributed by atoms with E-state index in [1.54, 1.807) is 6.07 Å². The SMILES string of the molecule is CCCCC(CC)CNC(=O)C1C(C(=O)O)=c2c(C(=O)O)ccc3c2c(c2cccc4ccc(Br)c3c42)C1(Br)C(=O)NCC(CC)CCCC. The van der Waals surface area contributed by atoms with Crippen molar-refractivity contribution in [3.05, 3.63) is 63.3 Å². The number of amides is 2. The van der Waals surface area contributed by atoms with Crippen LogP contribution in [0.3, 0.4) is 0 Å². The minimum absolute atomic E-state index is 0.0497. The molecular weight excluding hydrogens is 764 g/mol. The number of halogens is 2. The van der Waals surface area contributed by atoms with E-state index in [0.717, 1.165) is 72.0 Å². The highest BCUT2D eigenvalue weighted by molar-refractivity contribution is 9.10. The monoisotopic (exact) mass is 808 g/mol. The first-order valence-electron chi connectivity index (χ1n) is 17.8. The molecule has 50 heavy (non-hydrogen) atoms. The van der Waals surface area contributed by atoms with Gasteiger partial charge in [0.15, 0.2) is 0 Å². The average Bonchev–Trinajstić information content (AvgIpc) is 3.10. The van der Waals surface area contributed by atoms with Crippen LogP contribution in [0.4, 0.5) is 0 Å². The van der Waals surface area contributed by atoms with Crippen LogP contribution in [-0.2, 0) is 18.7 Å². The van der Waals surface area contributed by atoms with Crippen molar-refractivity contribution in [2.24, 2.45) is 17.8 Å². The fraction of sp³-hybridized carbons (Fsp3) is 0.450. The van der Waals surface area contributed by atoms with Gasteiger partial charge in [-0.3, -0.25) is 9.59 Å². The standard InChI is InChI=1S/C40H46Br2N2O6/c1-5-9-12-22(7-3)20-43-36(45)35-33(38(48)49)31-27(37(46)47)18-17-25-30-28(41)19-16-24-14-11-15-26(29(24)30)34(32(25)31)40(35,42)39(50)44-21-23(8-4)13-10-6-2/h11,14-19,22-23,35H,5-10,12-13,20-21H2,1-4H3,(H,43,45)(H,44,50)(H,46,47)(H,48,49). The lowest BCUT2D eigenvalue weighted by Crippen LogP contribution is -2.56. The molecule has 0 saturated carbocycles. The molecule has 4 unspecified atom stereocenters. The molecule has 0 heterocycles. The lowest BCUT2D eigenvalue weighted by molar-refractivity contribution is -0.135. The van der Waals surface area contributed by atoms with Crippen LogP contribution in [0.15, 0.2) is 46.9 Å². The molecule has 4 N–H and O–H groups in total. The van der Waals surface area contributed by atoms with Gasteiger partial charge < -0.3 is 20.8 Å². The van der Waals surface area contributed by atoms with Crippen LogP contribution in [0.1, 0.15) is 95.0 Å². The highest BCUT2D eigenvalue weighted by Crippen LogP contribution is 2.53. The van der Waals surface area contributed by atoms with Crippen LogP contribution in [0.25, 0.3) is 37.9 Å². The molecule has 0 bridgehead atoms. The van der Waals surface area contributed by atoms with Gasteiger partial charge in [-0.25, -0.2) is 9.59 Å². The maximum Gasteiger partial charge on any atom is 0.336 e. The normalized spacial score (nSPS) is 18.4. The van der Waals surface area contributed by atoms with Gasteiger partial charge in [-0.1, -0.05) is 128 Å².